The number of hydrogen-bond acceptors (Lipinski definition) is 6. The van der Waals surface area contributed by atoms with Gasteiger partial charge in [-0.25, -0.2) is 0 Å². The monoisotopic (exact) mass is 523 g/mol. The lowest BCUT2D eigenvalue weighted by molar-refractivity contribution is -0.159. The molecule has 3 heterocycles. The van der Waals surface area contributed by atoms with Crippen LogP contribution in [-0.4, -0.2) is 60.9 Å². The first-order chi connectivity index (χ1) is 15.6. The lowest BCUT2D eigenvalue weighted by Crippen LogP contribution is -2.48. The highest BCUT2D eigenvalue weighted by Gasteiger charge is 2.62. The van der Waals surface area contributed by atoms with Gasteiger partial charge in [-0.1, -0.05) is 69.4 Å². The number of benzene rings is 1. The third kappa shape index (κ3) is 6.58. The standard InChI is InChI=1S/C26H37NO5.BrH/c1-3-4-5-6-7-11-14-23(28)30-17-20(18-12-9-8-10-13-18)26(29)31-19-15-21-24-25(32-24)22(16-19)27(21)2;/h8-10,12-13,19-22,24-25H,3-7,11,14-17H2,1-2H3;1H/t19-,20-,21-,22+,24-,25+;/m1./s1. The highest BCUT2D eigenvalue weighted by Crippen LogP contribution is 2.48. The van der Waals surface area contributed by atoms with Gasteiger partial charge in [0, 0.05) is 31.3 Å². The molecule has 0 spiro atoms. The van der Waals surface area contributed by atoms with Gasteiger partial charge in [0.1, 0.15) is 30.8 Å². The number of nitrogens with zero attached hydrogens (tertiary/aromatic N) is 1. The summed E-state index contributed by atoms with van der Waals surface area (Å²) >= 11 is 0. The zero-order chi connectivity index (χ0) is 22.5. The van der Waals surface area contributed by atoms with Crippen LogP contribution in [0, 0.1) is 0 Å². The van der Waals surface area contributed by atoms with Crippen molar-refractivity contribution in [2.75, 3.05) is 13.7 Å². The first-order valence-corrected chi connectivity index (χ1v) is 12.4. The molecule has 0 radical (unpaired) electrons. The summed E-state index contributed by atoms with van der Waals surface area (Å²) in [5.41, 5.74) is 0.826. The number of esters is 2. The molecule has 0 unspecified atom stereocenters. The van der Waals surface area contributed by atoms with Crippen LogP contribution in [0.1, 0.15) is 76.2 Å². The van der Waals surface area contributed by atoms with Gasteiger partial charge in [-0.15, -0.1) is 17.0 Å². The van der Waals surface area contributed by atoms with Gasteiger partial charge >= 0.3 is 11.9 Å². The van der Waals surface area contributed by atoms with E-state index in [0.29, 0.717) is 30.7 Å². The molecular weight excluding hydrogens is 486 g/mol. The molecule has 6 nitrogen and oxygen atoms in total. The van der Waals surface area contributed by atoms with E-state index >= 15 is 0 Å². The minimum Gasteiger partial charge on any atom is -0.464 e. The van der Waals surface area contributed by atoms with E-state index in [9.17, 15) is 9.59 Å². The summed E-state index contributed by atoms with van der Waals surface area (Å²) in [6.07, 6.45) is 9.26. The van der Waals surface area contributed by atoms with E-state index in [1.54, 1.807) is 0 Å². The van der Waals surface area contributed by atoms with E-state index in [4.69, 9.17) is 14.2 Å². The molecule has 0 amide bonds. The molecule has 4 rings (SSSR count). The summed E-state index contributed by atoms with van der Waals surface area (Å²) in [4.78, 5) is 27.8. The second-order valence-electron chi connectivity index (χ2n) is 9.56. The Kier molecular flexibility index (Phi) is 9.77. The van der Waals surface area contributed by atoms with Gasteiger partial charge in [0.15, 0.2) is 0 Å². The molecule has 33 heavy (non-hydrogen) atoms. The van der Waals surface area contributed by atoms with Gasteiger partial charge in [0.2, 0.25) is 0 Å². The molecular formula is C26H38BrNO5. The molecule has 0 aliphatic carbocycles. The van der Waals surface area contributed by atoms with Crippen LogP contribution in [0.15, 0.2) is 30.3 Å². The van der Waals surface area contributed by atoms with Gasteiger partial charge < -0.3 is 14.2 Å². The second-order valence-corrected chi connectivity index (χ2v) is 9.56. The number of fused-ring (bicyclic) bond motifs is 5. The molecule has 1 aromatic carbocycles. The van der Waals surface area contributed by atoms with Crippen molar-refractivity contribution in [1.29, 1.82) is 0 Å². The van der Waals surface area contributed by atoms with Crippen molar-refractivity contribution in [1.82, 2.24) is 4.90 Å². The maximum atomic E-state index is 13.1. The third-order valence-electron chi connectivity index (χ3n) is 7.29. The summed E-state index contributed by atoms with van der Waals surface area (Å²) in [6, 6.07) is 10.2. The normalized spacial score (nSPS) is 28.4. The topological polar surface area (TPSA) is 68.4 Å². The second kappa shape index (κ2) is 12.3. The molecule has 3 fully saturated rings. The van der Waals surface area contributed by atoms with Crippen molar-refractivity contribution in [3.8, 4) is 0 Å². The molecule has 3 saturated heterocycles. The number of morpholine rings is 1. The molecule has 0 aromatic heterocycles. The van der Waals surface area contributed by atoms with Crippen LogP contribution >= 0.6 is 17.0 Å². The van der Waals surface area contributed by atoms with Crippen molar-refractivity contribution in [2.24, 2.45) is 0 Å². The smallest absolute Gasteiger partial charge is 0.317 e. The molecule has 0 N–H and O–H groups in total. The van der Waals surface area contributed by atoms with Crippen LogP contribution in [0.2, 0.25) is 0 Å². The zero-order valence-electron chi connectivity index (χ0n) is 19.8. The van der Waals surface area contributed by atoms with Crippen LogP contribution in [0.5, 0.6) is 0 Å². The predicted octanol–water partition coefficient (Wildman–Crippen LogP) is 4.80. The average Bonchev–Trinajstić information content (AvgIpc) is 3.55. The molecule has 3 aliphatic heterocycles. The summed E-state index contributed by atoms with van der Waals surface area (Å²) < 4.78 is 17.2. The van der Waals surface area contributed by atoms with Gasteiger partial charge in [0.05, 0.1) is 0 Å². The Bertz CT molecular complexity index is 757. The number of rotatable bonds is 12. The highest BCUT2D eigenvalue weighted by atomic mass is 79.9. The fourth-order valence-corrected chi connectivity index (χ4v) is 5.33. The zero-order valence-corrected chi connectivity index (χ0v) is 21.5. The Morgan fingerprint density at radius 1 is 1.03 bits per heavy atom. The Hall–Kier alpha value is -1.44. The third-order valence-corrected chi connectivity index (χ3v) is 7.29. The predicted molar refractivity (Wildman–Crippen MR) is 132 cm³/mol. The maximum Gasteiger partial charge on any atom is 0.317 e. The van der Waals surface area contributed by atoms with Crippen molar-refractivity contribution in [2.45, 2.75) is 101 Å². The SMILES string of the molecule is Br.CCCCCCCCC(=O)OC[C@@H](C(=O)O[C@@H]1C[C@@H]2[C@H]3O[C@H]3[C@H](C1)N2C)c1ccccc1. The van der Waals surface area contributed by atoms with E-state index in [-0.39, 0.29) is 41.6 Å². The lowest BCUT2D eigenvalue weighted by atomic mass is 9.97. The van der Waals surface area contributed by atoms with Crippen molar-refractivity contribution in [3.63, 3.8) is 0 Å². The number of carbonyl (C=O) groups is 2. The van der Waals surface area contributed by atoms with E-state index in [2.05, 4.69) is 18.9 Å². The number of halogens is 1. The van der Waals surface area contributed by atoms with Gasteiger partial charge in [-0.2, -0.15) is 0 Å². The van der Waals surface area contributed by atoms with Crippen LogP contribution < -0.4 is 0 Å². The molecule has 184 valence electrons. The fourth-order valence-electron chi connectivity index (χ4n) is 5.33. The summed E-state index contributed by atoms with van der Waals surface area (Å²) in [6.45, 7) is 2.23. The molecule has 2 bridgehead atoms. The van der Waals surface area contributed by atoms with Gasteiger partial charge in [-0.3, -0.25) is 14.5 Å². The molecule has 6 atom stereocenters. The van der Waals surface area contributed by atoms with E-state index in [0.717, 1.165) is 37.7 Å². The van der Waals surface area contributed by atoms with Crippen LogP contribution in [0.3, 0.4) is 0 Å². The number of piperidine rings is 1. The van der Waals surface area contributed by atoms with Crippen LogP contribution in [0.4, 0.5) is 0 Å². The summed E-state index contributed by atoms with van der Waals surface area (Å²) in [5, 5.41) is 0. The van der Waals surface area contributed by atoms with Crippen molar-refractivity contribution < 1.29 is 23.8 Å². The van der Waals surface area contributed by atoms with E-state index in [1.165, 1.54) is 19.3 Å². The minimum absolute atomic E-state index is 0. The van der Waals surface area contributed by atoms with Gasteiger partial charge in [0.25, 0.3) is 0 Å². The summed E-state index contributed by atoms with van der Waals surface area (Å²) in [7, 11) is 2.14. The number of ether oxygens (including phenoxy) is 3. The fraction of sp³-hybridized carbons (Fsp3) is 0.692. The Morgan fingerprint density at radius 2 is 1.67 bits per heavy atom. The quantitative estimate of drug-likeness (QED) is 0.222. The Morgan fingerprint density at radius 3 is 2.33 bits per heavy atom. The number of likely N-dealkylation sites (N-methyl/N-ethyl adjacent to an activating group) is 1. The first kappa shape index (κ1) is 26.2. The average molecular weight is 524 g/mol. The molecule has 1 aromatic rings. The van der Waals surface area contributed by atoms with Crippen molar-refractivity contribution >= 4 is 28.9 Å². The van der Waals surface area contributed by atoms with E-state index in [1.807, 2.05) is 30.3 Å². The minimum atomic E-state index is -0.590. The number of carbonyl (C=O) groups excluding carboxylic acids is 2. The molecule has 0 saturated carbocycles. The largest absolute Gasteiger partial charge is 0.464 e. The van der Waals surface area contributed by atoms with Gasteiger partial charge in [-0.05, 0) is 19.0 Å². The molecule has 3 aliphatic rings. The summed E-state index contributed by atoms with van der Waals surface area (Å²) in [5.74, 6) is -1.12. The van der Waals surface area contributed by atoms with Crippen molar-refractivity contribution in [3.05, 3.63) is 35.9 Å². The number of hydrogen-bond donors (Lipinski definition) is 0. The molecule has 7 heteroatoms. The Labute approximate surface area is 208 Å². The van der Waals surface area contributed by atoms with Crippen LogP contribution in [0.25, 0.3) is 0 Å². The Balaban J connectivity index is 0.00000306. The number of epoxide rings is 1. The van der Waals surface area contributed by atoms with E-state index < -0.39 is 5.92 Å². The number of unbranched alkanes of at least 4 members (excludes halogenated alkanes) is 5. The lowest BCUT2D eigenvalue weighted by Gasteiger charge is -2.38. The van der Waals surface area contributed by atoms with Crippen LogP contribution in [-0.2, 0) is 23.8 Å². The highest BCUT2D eigenvalue weighted by molar-refractivity contribution is 8.93. The maximum absolute atomic E-state index is 13.1. The first-order valence-electron chi connectivity index (χ1n) is 12.4.